The van der Waals surface area contributed by atoms with Crippen molar-refractivity contribution in [3.8, 4) is 0 Å². The predicted molar refractivity (Wildman–Crippen MR) is 40.7 cm³/mol. The summed E-state index contributed by atoms with van der Waals surface area (Å²) in [5, 5.41) is 13.7. The van der Waals surface area contributed by atoms with Crippen LogP contribution in [0.4, 0.5) is 0 Å². The third-order valence-corrected chi connectivity index (χ3v) is 2.60. The molecule has 4 nitrogen and oxygen atoms in total. The second kappa shape index (κ2) is 2.57. The molecular formula is C5H10N4S. The molecule has 0 fully saturated rings. The van der Waals surface area contributed by atoms with Crippen molar-refractivity contribution in [1.82, 2.24) is 20.6 Å². The highest BCUT2D eigenvalue weighted by Crippen LogP contribution is 2.29. The summed E-state index contributed by atoms with van der Waals surface area (Å²) in [6.45, 7) is 4.12. The van der Waals surface area contributed by atoms with Gasteiger partial charge < -0.3 is 0 Å². The van der Waals surface area contributed by atoms with Crippen LogP contribution in [0.2, 0.25) is 0 Å². The average molecular weight is 158 g/mol. The van der Waals surface area contributed by atoms with E-state index < -0.39 is 0 Å². The number of aromatic nitrogens is 4. The molecule has 1 aromatic rings. The lowest BCUT2D eigenvalue weighted by Gasteiger charge is -2.15. The molecule has 1 rings (SSSR count). The number of hydrogen-bond acceptors (Lipinski definition) is 4. The van der Waals surface area contributed by atoms with E-state index in [9.17, 15) is 0 Å². The molecule has 1 aromatic heterocycles. The molecule has 0 saturated heterocycles. The first-order chi connectivity index (χ1) is 4.67. The Labute approximate surface area is 63.8 Å². The van der Waals surface area contributed by atoms with E-state index >= 15 is 0 Å². The van der Waals surface area contributed by atoms with Gasteiger partial charge in [0.25, 0.3) is 0 Å². The molecule has 10 heavy (non-hydrogen) atoms. The summed E-state index contributed by atoms with van der Waals surface area (Å²) >= 11 is 1.70. The summed E-state index contributed by atoms with van der Waals surface area (Å²) < 4.78 is -0.0347. The fraction of sp³-hybridized carbons (Fsp3) is 0.800. The van der Waals surface area contributed by atoms with Gasteiger partial charge in [-0.1, -0.05) is 5.21 Å². The van der Waals surface area contributed by atoms with Gasteiger partial charge in [-0.15, -0.1) is 10.2 Å². The molecule has 0 amide bonds. The lowest BCUT2D eigenvalue weighted by molar-refractivity contribution is 0.712. The van der Waals surface area contributed by atoms with Crippen LogP contribution in [-0.2, 0) is 4.75 Å². The molecule has 0 atom stereocenters. The second-order valence-corrected chi connectivity index (χ2v) is 3.88. The molecule has 0 aliphatic carbocycles. The first-order valence-electron chi connectivity index (χ1n) is 2.96. The van der Waals surface area contributed by atoms with E-state index in [0.29, 0.717) is 0 Å². The van der Waals surface area contributed by atoms with Gasteiger partial charge in [0.05, 0.1) is 4.75 Å². The molecule has 1 N–H and O–H groups in total. The van der Waals surface area contributed by atoms with Crippen LogP contribution in [0.25, 0.3) is 0 Å². The Kier molecular flexibility index (Phi) is 1.94. The Morgan fingerprint density at radius 2 is 2.20 bits per heavy atom. The zero-order valence-corrected chi connectivity index (χ0v) is 7.07. The van der Waals surface area contributed by atoms with E-state index in [-0.39, 0.29) is 4.75 Å². The predicted octanol–water partition coefficient (Wildman–Crippen LogP) is 0.798. The molecule has 0 bridgehead atoms. The molecule has 0 aliphatic rings. The van der Waals surface area contributed by atoms with Gasteiger partial charge in [0, 0.05) is 0 Å². The highest BCUT2D eigenvalue weighted by molar-refractivity contribution is 7.99. The zero-order chi connectivity index (χ0) is 7.61. The lowest BCUT2D eigenvalue weighted by Crippen LogP contribution is -2.13. The van der Waals surface area contributed by atoms with Crippen molar-refractivity contribution in [3.63, 3.8) is 0 Å². The smallest absolute Gasteiger partial charge is 0.177 e. The van der Waals surface area contributed by atoms with E-state index in [1.807, 2.05) is 6.26 Å². The summed E-state index contributed by atoms with van der Waals surface area (Å²) in [7, 11) is 0. The lowest BCUT2D eigenvalue weighted by atomic mass is 10.2. The first kappa shape index (κ1) is 7.53. The number of nitrogens with zero attached hydrogens (tertiary/aromatic N) is 3. The molecule has 0 saturated carbocycles. The molecule has 0 aromatic carbocycles. The van der Waals surface area contributed by atoms with Gasteiger partial charge >= 0.3 is 0 Å². The van der Waals surface area contributed by atoms with Crippen LogP contribution in [0.1, 0.15) is 19.7 Å². The van der Waals surface area contributed by atoms with Crippen LogP contribution in [0.3, 0.4) is 0 Å². The minimum atomic E-state index is -0.0347. The van der Waals surface area contributed by atoms with Crippen molar-refractivity contribution in [3.05, 3.63) is 5.82 Å². The first-order valence-corrected chi connectivity index (χ1v) is 4.18. The SMILES string of the molecule is CSC(C)(C)c1nn[nH]n1. The molecule has 0 aliphatic heterocycles. The number of hydrogen-bond donors (Lipinski definition) is 1. The van der Waals surface area contributed by atoms with Crippen LogP contribution in [0, 0.1) is 0 Å². The molecule has 0 spiro atoms. The van der Waals surface area contributed by atoms with Gasteiger partial charge in [-0.3, -0.25) is 0 Å². The summed E-state index contributed by atoms with van der Waals surface area (Å²) in [4.78, 5) is 0. The average Bonchev–Trinajstić information content (AvgIpc) is 2.38. The van der Waals surface area contributed by atoms with Crippen molar-refractivity contribution >= 4 is 11.8 Å². The van der Waals surface area contributed by atoms with Gasteiger partial charge in [0.1, 0.15) is 0 Å². The number of H-pyrrole nitrogens is 1. The monoisotopic (exact) mass is 158 g/mol. The van der Waals surface area contributed by atoms with Gasteiger partial charge in [0.15, 0.2) is 5.82 Å². The Morgan fingerprint density at radius 3 is 2.60 bits per heavy atom. The van der Waals surface area contributed by atoms with Crippen molar-refractivity contribution in [2.45, 2.75) is 18.6 Å². The van der Waals surface area contributed by atoms with E-state index in [1.165, 1.54) is 0 Å². The summed E-state index contributed by atoms with van der Waals surface area (Å²) in [5.41, 5.74) is 0. The Balaban J connectivity index is 2.85. The Bertz CT molecular complexity index is 193. The molecule has 0 radical (unpaired) electrons. The normalized spacial score (nSPS) is 11.9. The quantitative estimate of drug-likeness (QED) is 0.691. The number of nitrogens with one attached hydrogen (secondary N) is 1. The van der Waals surface area contributed by atoms with Crippen LogP contribution < -0.4 is 0 Å². The molecule has 1 heterocycles. The number of rotatable bonds is 2. The molecule has 5 heteroatoms. The van der Waals surface area contributed by atoms with Gasteiger partial charge in [-0.25, -0.2) is 0 Å². The number of tetrazole rings is 1. The zero-order valence-electron chi connectivity index (χ0n) is 6.25. The highest BCUT2D eigenvalue weighted by atomic mass is 32.2. The maximum atomic E-state index is 3.89. The van der Waals surface area contributed by atoms with Crippen LogP contribution in [0.15, 0.2) is 0 Å². The van der Waals surface area contributed by atoms with Crippen molar-refractivity contribution in [1.29, 1.82) is 0 Å². The molecule has 0 unspecified atom stereocenters. The largest absolute Gasteiger partial charge is 0.189 e. The maximum Gasteiger partial charge on any atom is 0.189 e. The minimum Gasteiger partial charge on any atom is -0.177 e. The fourth-order valence-electron chi connectivity index (χ4n) is 0.508. The second-order valence-electron chi connectivity index (χ2n) is 2.45. The fourth-order valence-corrected chi connectivity index (χ4v) is 0.777. The maximum absolute atomic E-state index is 3.89. The van der Waals surface area contributed by atoms with Gasteiger partial charge in [-0.2, -0.15) is 17.0 Å². The third kappa shape index (κ3) is 1.29. The van der Waals surface area contributed by atoms with Crippen LogP contribution in [-0.4, -0.2) is 26.9 Å². The van der Waals surface area contributed by atoms with Gasteiger partial charge in [0.2, 0.25) is 0 Å². The summed E-state index contributed by atoms with van der Waals surface area (Å²) in [6, 6.07) is 0. The van der Waals surface area contributed by atoms with Crippen molar-refractivity contribution in [2.75, 3.05) is 6.26 Å². The van der Waals surface area contributed by atoms with Crippen molar-refractivity contribution in [2.24, 2.45) is 0 Å². The number of aromatic amines is 1. The standard InChI is InChI=1S/C5H10N4S/c1-5(2,10-3)4-6-8-9-7-4/h1-3H3,(H,6,7,8,9). The van der Waals surface area contributed by atoms with Gasteiger partial charge in [-0.05, 0) is 20.1 Å². The van der Waals surface area contributed by atoms with Crippen LogP contribution >= 0.6 is 11.8 Å². The summed E-state index contributed by atoms with van der Waals surface area (Å²) in [6.07, 6.45) is 2.02. The highest BCUT2D eigenvalue weighted by Gasteiger charge is 2.23. The number of thioether (sulfide) groups is 1. The Hall–Kier alpha value is -0.580. The minimum absolute atomic E-state index is 0.0347. The topological polar surface area (TPSA) is 54.5 Å². The summed E-state index contributed by atoms with van der Waals surface area (Å²) in [5.74, 6) is 0.750. The van der Waals surface area contributed by atoms with E-state index in [4.69, 9.17) is 0 Å². The Morgan fingerprint density at radius 1 is 1.50 bits per heavy atom. The molecule has 56 valence electrons. The van der Waals surface area contributed by atoms with E-state index in [0.717, 1.165) is 5.82 Å². The van der Waals surface area contributed by atoms with Crippen LogP contribution in [0.5, 0.6) is 0 Å². The third-order valence-electron chi connectivity index (χ3n) is 1.39. The van der Waals surface area contributed by atoms with E-state index in [2.05, 4.69) is 34.5 Å². The molecular weight excluding hydrogens is 148 g/mol. The van der Waals surface area contributed by atoms with E-state index in [1.54, 1.807) is 11.8 Å². The van der Waals surface area contributed by atoms with Crippen molar-refractivity contribution < 1.29 is 0 Å².